The van der Waals surface area contributed by atoms with Crippen molar-refractivity contribution < 1.29 is 19.1 Å². The van der Waals surface area contributed by atoms with Crippen LogP contribution in [0.3, 0.4) is 0 Å². The Labute approximate surface area is 193 Å². The van der Waals surface area contributed by atoms with Gasteiger partial charge in [0, 0.05) is 23.2 Å². The van der Waals surface area contributed by atoms with E-state index in [2.05, 4.69) is 10.6 Å². The van der Waals surface area contributed by atoms with Gasteiger partial charge in [0.05, 0.1) is 11.6 Å². The van der Waals surface area contributed by atoms with Gasteiger partial charge in [0.15, 0.2) is 5.78 Å². The van der Waals surface area contributed by atoms with Crippen LogP contribution in [0.5, 0.6) is 0 Å². The average molecular weight is 443 g/mol. The molecule has 168 valence electrons. The molecule has 4 rings (SSSR count). The van der Waals surface area contributed by atoms with Crippen molar-refractivity contribution in [3.05, 3.63) is 107 Å². The van der Waals surface area contributed by atoms with Crippen LogP contribution in [0.25, 0.3) is 0 Å². The van der Waals surface area contributed by atoms with Crippen LogP contribution < -0.4 is 10.6 Å². The minimum atomic E-state index is -0.473. The van der Waals surface area contributed by atoms with Crippen molar-refractivity contribution in [2.45, 2.75) is 25.0 Å². The Morgan fingerprint density at radius 2 is 1.33 bits per heavy atom. The lowest BCUT2D eigenvalue weighted by molar-refractivity contribution is 0.0192. The Balaban J connectivity index is 1.43. The van der Waals surface area contributed by atoms with Gasteiger partial charge in [-0.05, 0) is 43.7 Å². The van der Waals surface area contributed by atoms with Gasteiger partial charge >= 0.3 is 5.97 Å². The summed E-state index contributed by atoms with van der Waals surface area (Å²) in [5.41, 5.74) is 2.02. The highest BCUT2D eigenvalue weighted by Crippen LogP contribution is 2.16. The summed E-state index contributed by atoms with van der Waals surface area (Å²) in [6, 6.07) is 24.1. The zero-order chi connectivity index (χ0) is 23.0. The van der Waals surface area contributed by atoms with Crippen molar-refractivity contribution in [1.82, 2.24) is 10.6 Å². The van der Waals surface area contributed by atoms with Crippen LogP contribution in [-0.2, 0) is 4.74 Å². The number of amides is 1. The zero-order valence-electron chi connectivity index (χ0n) is 18.2. The molecule has 33 heavy (non-hydrogen) atoms. The van der Waals surface area contributed by atoms with Crippen molar-refractivity contribution in [3.63, 3.8) is 0 Å². The molecule has 6 nitrogen and oxygen atoms in total. The van der Waals surface area contributed by atoms with Crippen molar-refractivity contribution in [2.75, 3.05) is 13.1 Å². The molecule has 6 heteroatoms. The molecule has 0 aliphatic carbocycles. The molecule has 3 aromatic carbocycles. The molecule has 1 amide bonds. The van der Waals surface area contributed by atoms with Gasteiger partial charge in [-0.3, -0.25) is 9.59 Å². The number of benzene rings is 3. The first kappa shape index (κ1) is 22.4. The summed E-state index contributed by atoms with van der Waals surface area (Å²) in [5.74, 6) is -0.775. The lowest BCUT2D eigenvalue weighted by atomic mass is 10.0. The summed E-state index contributed by atoms with van der Waals surface area (Å²) in [7, 11) is 0. The molecule has 1 aliphatic heterocycles. The normalized spacial score (nSPS) is 18.1. The van der Waals surface area contributed by atoms with Crippen molar-refractivity contribution >= 4 is 17.7 Å². The number of hydrogen-bond donors (Lipinski definition) is 2. The summed E-state index contributed by atoms with van der Waals surface area (Å²) in [6.45, 7) is 1.31. The van der Waals surface area contributed by atoms with Crippen LogP contribution in [0.1, 0.15) is 49.5 Å². The van der Waals surface area contributed by atoms with E-state index >= 15 is 0 Å². The maximum Gasteiger partial charge on any atom is 0.338 e. The van der Waals surface area contributed by atoms with Crippen LogP contribution in [0.4, 0.5) is 0 Å². The second-order valence-electron chi connectivity index (χ2n) is 8.01. The Morgan fingerprint density at radius 3 is 2.00 bits per heavy atom. The van der Waals surface area contributed by atoms with Gasteiger partial charge in [0.2, 0.25) is 0 Å². The largest absolute Gasteiger partial charge is 0.457 e. The third-order valence-electron chi connectivity index (χ3n) is 5.68. The molecule has 1 fully saturated rings. The lowest BCUT2D eigenvalue weighted by Crippen LogP contribution is -2.49. The number of ether oxygens (including phenoxy) is 1. The van der Waals surface area contributed by atoms with E-state index in [0.717, 1.165) is 13.0 Å². The van der Waals surface area contributed by atoms with Crippen LogP contribution in [0.15, 0.2) is 84.9 Å². The topological polar surface area (TPSA) is 84.5 Å². The Hall–Kier alpha value is -3.77. The van der Waals surface area contributed by atoms with E-state index < -0.39 is 12.1 Å². The monoisotopic (exact) mass is 442 g/mol. The van der Waals surface area contributed by atoms with Crippen LogP contribution in [-0.4, -0.2) is 42.9 Å². The van der Waals surface area contributed by atoms with Crippen LogP contribution in [0, 0.1) is 0 Å². The lowest BCUT2D eigenvalue weighted by Gasteiger charge is -2.26. The summed E-state index contributed by atoms with van der Waals surface area (Å²) in [6.07, 6.45) is 1.02. The van der Waals surface area contributed by atoms with Crippen LogP contribution in [0.2, 0.25) is 0 Å². The molecule has 2 unspecified atom stereocenters. The average Bonchev–Trinajstić information content (AvgIpc) is 3.09. The van der Waals surface area contributed by atoms with E-state index in [1.54, 1.807) is 48.5 Å². The SMILES string of the molecule is O=C(NC1CNCCCC1OC(=O)c1ccc(C(=O)c2ccccc2)cc1)c1ccccc1. The number of ketones is 1. The molecule has 2 N–H and O–H groups in total. The molecular formula is C27H26N2O4. The molecular weight excluding hydrogens is 416 g/mol. The summed E-state index contributed by atoms with van der Waals surface area (Å²) >= 11 is 0. The number of nitrogens with one attached hydrogen (secondary N) is 2. The maximum atomic E-state index is 12.8. The van der Waals surface area contributed by atoms with E-state index in [1.165, 1.54) is 0 Å². The van der Waals surface area contributed by atoms with Gasteiger partial charge in [-0.25, -0.2) is 4.79 Å². The fourth-order valence-corrected chi connectivity index (χ4v) is 3.86. The predicted octanol–water partition coefficient (Wildman–Crippen LogP) is 3.63. The van der Waals surface area contributed by atoms with E-state index in [-0.39, 0.29) is 17.7 Å². The van der Waals surface area contributed by atoms with Gasteiger partial charge in [-0.1, -0.05) is 60.7 Å². The van der Waals surface area contributed by atoms with Gasteiger partial charge in [0.25, 0.3) is 5.91 Å². The molecule has 3 aromatic rings. The highest BCUT2D eigenvalue weighted by molar-refractivity contribution is 6.09. The smallest absolute Gasteiger partial charge is 0.338 e. The fourth-order valence-electron chi connectivity index (χ4n) is 3.86. The minimum Gasteiger partial charge on any atom is -0.457 e. The van der Waals surface area contributed by atoms with Gasteiger partial charge in [0.1, 0.15) is 6.10 Å². The molecule has 2 atom stereocenters. The predicted molar refractivity (Wildman–Crippen MR) is 125 cm³/mol. The number of esters is 1. The number of carbonyl (C=O) groups excluding carboxylic acids is 3. The highest BCUT2D eigenvalue weighted by Gasteiger charge is 2.29. The van der Waals surface area contributed by atoms with E-state index in [1.807, 2.05) is 36.4 Å². The maximum absolute atomic E-state index is 12.8. The second-order valence-corrected chi connectivity index (χ2v) is 8.01. The zero-order valence-corrected chi connectivity index (χ0v) is 18.2. The molecule has 0 bridgehead atoms. The molecule has 1 saturated heterocycles. The van der Waals surface area contributed by atoms with Gasteiger partial charge in [-0.2, -0.15) is 0 Å². The second kappa shape index (κ2) is 10.7. The Kier molecular flexibility index (Phi) is 7.27. The quantitative estimate of drug-likeness (QED) is 0.450. The summed E-state index contributed by atoms with van der Waals surface area (Å²) < 4.78 is 5.81. The van der Waals surface area contributed by atoms with E-state index in [0.29, 0.717) is 35.2 Å². The molecule has 1 heterocycles. The first-order chi connectivity index (χ1) is 16.1. The summed E-state index contributed by atoms with van der Waals surface area (Å²) in [5, 5.41) is 6.29. The molecule has 0 aromatic heterocycles. The molecule has 0 saturated carbocycles. The number of hydrogen-bond acceptors (Lipinski definition) is 5. The van der Waals surface area contributed by atoms with Crippen molar-refractivity contribution in [1.29, 1.82) is 0 Å². The van der Waals surface area contributed by atoms with Crippen molar-refractivity contribution in [3.8, 4) is 0 Å². The Bertz CT molecular complexity index is 1100. The van der Waals surface area contributed by atoms with Crippen LogP contribution >= 0.6 is 0 Å². The van der Waals surface area contributed by atoms with Gasteiger partial charge < -0.3 is 15.4 Å². The highest BCUT2D eigenvalue weighted by atomic mass is 16.5. The number of carbonyl (C=O) groups is 3. The molecule has 0 spiro atoms. The van der Waals surface area contributed by atoms with E-state index in [4.69, 9.17) is 4.74 Å². The summed E-state index contributed by atoms with van der Waals surface area (Å²) in [4.78, 5) is 38.1. The van der Waals surface area contributed by atoms with Gasteiger partial charge in [-0.15, -0.1) is 0 Å². The molecule has 1 aliphatic rings. The first-order valence-electron chi connectivity index (χ1n) is 11.1. The first-order valence-corrected chi connectivity index (χ1v) is 11.1. The third kappa shape index (κ3) is 5.73. The standard InChI is InChI=1S/C27H26N2O4/c30-25(19-8-3-1-4-9-19)20-13-15-22(16-14-20)27(32)33-24-12-7-17-28-18-23(24)29-26(31)21-10-5-2-6-11-21/h1-6,8-11,13-16,23-24,28H,7,12,17-18H2,(H,29,31). The third-order valence-corrected chi connectivity index (χ3v) is 5.68. The Morgan fingerprint density at radius 1 is 0.758 bits per heavy atom. The van der Waals surface area contributed by atoms with E-state index in [9.17, 15) is 14.4 Å². The number of rotatable bonds is 6. The fraction of sp³-hybridized carbons (Fsp3) is 0.222. The molecule has 0 radical (unpaired) electrons. The van der Waals surface area contributed by atoms with Crippen molar-refractivity contribution in [2.24, 2.45) is 0 Å². The minimum absolute atomic E-state index is 0.103.